The Morgan fingerprint density at radius 3 is 2.46 bits per heavy atom. The first-order chi connectivity index (χ1) is 18.1. The normalized spacial score (nSPS) is 19.8. The van der Waals surface area contributed by atoms with E-state index in [1.54, 1.807) is 16.8 Å². The molecular formula is C28H34FN5O3. The third-order valence-corrected chi connectivity index (χ3v) is 8.18. The summed E-state index contributed by atoms with van der Waals surface area (Å²) < 4.78 is 26.0. The molecule has 3 fully saturated rings. The van der Waals surface area contributed by atoms with Crippen LogP contribution in [-0.2, 0) is 9.47 Å². The standard InChI is InChI=1S/C28H34FN5O3/c1-36-28(35)23-17-24(33-11-9-19(10-12-33)18-32-13-15-37-16-14-32)25-26(20-3-2-4-20)31-34(27(25)30-23)22-7-5-21(29)6-8-22/h5-8,17,19-20H,2-4,9-16,18H2,1H3. The number of carbonyl (C=O) groups excluding carboxylic acids is 1. The van der Waals surface area contributed by atoms with Crippen molar-refractivity contribution in [3.63, 3.8) is 0 Å². The number of methoxy groups -OCH3 is 1. The summed E-state index contributed by atoms with van der Waals surface area (Å²) in [6, 6.07) is 8.15. The van der Waals surface area contributed by atoms with Crippen LogP contribution in [0.1, 0.15) is 54.2 Å². The van der Waals surface area contributed by atoms with E-state index >= 15 is 0 Å². The predicted molar refractivity (Wildman–Crippen MR) is 139 cm³/mol. The first kappa shape index (κ1) is 24.3. The van der Waals surface area contributed by atoms with Gasteiger partial charge < -0.3 is 14.4 Å². The molecule has 0 spiro atoms. The minimum atomic E-state index is -0.470. The highest BCUT2D eigenvalue weighted by molar-refractivity contribution is 5.99. The van der Waals surface area contributed by atoms with E-state index < -0.39 is 5.97 Å². The van der Waals surface area contributed by atoms with Gasteiger partial charge in [0.25, 0.3) is 0 Å². The van der Waals surface area contributed by atoms with Crippen molar-refractivity contribution in [3.8, 4) is 5.69 Å². The molecule has 3 aliphatic rings. The van der Waals surface area contributed by atoms with Crippen molar-refractivity contribution in [2.45, 2.75) is 38.0 Å². The number of morpholine rings is 1. The lowest BCUT2D eigenvalue weighted by molar-refractivity contribution is 0.0289. The van der Waals surface area contributed by atoms with Crippen LogP contribution in [0, 0.1) is 11.7 Å². The average Bonchev–Trinajstić information content (AvgIpc) is 3.27. The van der Waals surface area contributed by atoms with Crippen molar-refractivity contribution in [3.05, 3.63) is 47.5 Å². The second-order valence-corrected chi connectivity index (χ2v) is 10.5. The number of hydrogen-bond acceptors (Lipinski definition) is 7. The number of benzene rings is 1. The van der Waals surface area contributed by atoms with Gasteiger partial charge >= 0.3 is 5.97 Å². The highest BCUT2D eigenvalue weighted by Gasteiger charge is 2.32. The summed E-state index contributed by atoms with van der Waals surface area (Å²) in [6.45, 7) is 6.63. The monoisotopic (exact) mass is 507 g/mol. The molecule has 4 heterocycles. The maximum absolute atomic E-state index is 13.7. The van der Waals surface area contributed by atoms with Gasteiger partial charge in [-0.3, -0.25) is 4.90 Å². The molecule has 0 N–H and O–H groups in total. The van der Waals surface area contributed by atoms with Gasteiger partial charge in [-0.15, -0.1) is 0 Å². The summed E-state index contributed by atoms with van der Waals surface area (Å²) in [5, 5.41) is 6.03. The predicted octanol–water partition coefficient (Wildman–Crippen LogP) is 4.16. The van der Waals surface area contributed by atoms with Crippen molar-refractivity contribution >= 4 is 22.7 Å². The SMILES string of the molecule is COC(=O)c1cc(N2CCC(CN3CCOCC3)CC2)c2c(C3CCC3)nn(-c3ccc(F)cc3)c2n1. The number of rotatable bonds is 6. The number of fused-ring (bicyclic) bond motifs is 1. The summed E-state index contributed by atoms with van der Waals surface area (Å²) in [7, 11) is 1.38. The second kappa shape index (κ2) is 10.4. The highest BCUT2D eigenvalue weighted by Crippen LogP contribution is 2.43. The molecule has 8 nitrogen and oxygen atoms in total. The van der Waals surface area contributed by atoms with Crippen LogP contribution in [0.25, 0.3) is 16.7 Å². The summed E-state index contributed by atoms with van der Waals surface area (Å²) in [5.41, 5.74) is 3.65. The number of anilines is 1. The Hall–Kier alpha value is -3.04. The maximum Gasteiger partial charge on any atom is 0.356 e. The summed E-state index contributed by atoms with van der Waals surface area (Å²) in [6.07, 6.45) is 5.56. The molecule has 2 aliphatic heterocycles. The number of nitrogens with zero attached hydrogens (tertiary/aromatic N) is 5. The van der Waals surface area contributed by atoms with Gasteiger partial charge in [-0.1, -0.05) is 6.42 Å². The molecule has 9 heteroatoms. The van der Waals surface area contributed by atoms with Crippen molar-refractivity contribution in [1.82, 2.24) is 19.7 Å². The summed E-state index contributed by atoms with van der Waals surface area (Å²) in [4.78, 5) is 22.3. The van der Waals surface area contributed by atoms with Gasteiger partial charge in [-0.25, -0.2) is 18.9 Å². The second-order valence-electron chi connectivity index (χ2n) is 10.5. The number of piperidine rings is 1. The summed E-state index contributed by atoms with van der Waals surface area (Å²) in [5.74, 6) is 0.248. The number of halogens is 1. The van der Waals surface area contributed by atoms with Gasteiger partial charge in [0.1, 0.15) is 5.82 Å². The topological polar surface area (TPSA) is 72.7 Å². The minimum Gasteiger partial charge on any atom is -0.464 e. The number of aromatic nitrogens is 3. The molecule has 0 unspecified atom stereocenters. The number of carbonyl (C=O) groups is 1. The molecule has 1 aliphatic carbocycles. The molecule has 0 atom stereocenters. The van der Waals surface area contributed by atoms with Gasteiger partial charge in [-0.05, 0) is 61.9 Å². The zero-order valence-electron chi connectivity index (χ0n) is 21.4. The van der Waals surface area contributed by atoms with Crippen LogP contribution in [0.15, 0.2) is 30.3 Å². The lowest BCUT2D eigenvalue weighted by atomic mass is 9.81. The van der Waals surface area contributed by atoms with E-state index in [1.807, 2.05) is 6.07 Å². The number of pyridine rings is 1. The van der Waals surface area contributed by atoms with E-state index in [0.29, 0.717) is 17.5 Å². The van der Waals surface area contributed by atoms with Crippen LogP contribution in [0.3, 0.4) is 0 Å². The van der Waals surface area contributed by atoms with Crippen LogP contribution in [0.2, 0.25) is 0 Å². The van der Waals surface area contributed by atoms with E-state index in [0.717, 1.165) is 94.1 Å². The van der Waals surface area contributed by atoms with Crippen LogP contribution < -0.4 is 4.90 Å². The minimum absolute atomic E-state index is 0.267. The molecule has 0 bridgehead atoms. The molecule has 0 radical (unpaired) electrons. The van der Waals surface area contributed by atoms with Crippen molar-refractivity contribution in [2.75, 3.05) is 57.9 Å². The third-order valence-electron chi connectivity index (χ3n) is 8.18. The van der Waals surface area contributed by atoms with E-state index in [2.05, 4.69) is 9.80 Å². The van der Waals surface area contributed by atoms with E-state index in [-0.39, 0.29) is 11.5 Å². The fraction of sp³-hybridized carbons (Fsp3) is 0.536. The molecule has 2 saturated heterocycles. The van der Waals surface area contributed by atoms with Crippen molar-refractivity contribution in [1.29, 1.82) is 0 Å². The zero-order valence-corrected chi connectivity index (χ0v) is 21.4. The molecule has 6 rings (SSSR count). The smallest absolute Gasteiger partial charge is 0.356 e. The Morgan fingerprint density at radius 2 is 1.81 bits per heavy atom. The Bertz CT molecular complexity index is 1260. The Morgan fingerprint density at radius 1 is 1.08 bits per heavy atom. The lowest BCUT2D eigenvalue weighted by Crippen LogP contribution is -2.43. The van der Waals surface area contributed by atoms with Crippen LogP contribution >= 0.6 is 0 Å². The third kappa shape index (κ3) is 4.82. The number of hydrogen-bond donors (Lipinski definition) is 0. The van der Waals surface area contributed by atoms with E-state index in [1.165, 1.54) is 25.7 Å². The van der Waals surface area contributed by atoms with Gasteiger partial charge in [0.15, 0.2) is 11.3 Å². The molecule has 1 saturated carbocycles. The van der Waals surface area contributed by atoms with Gasteiger partial charge in [0.05, 0.1) is 42.8 Å². The highest BCUT2D eigenvalue weighted by atomic mass is 19.1. The van der Waals surface area contributed by atoms with E-state index in [4.69, 9.17) is 19.6 Å². The molecule has 0 amide bonds. The first-order valence-corrected chi connectivity index (χ1v) is 13.4. The van der Waals surface area contributed by atoms with E-state index in [9.17, 15) is 9.18 Å². The van der Waals surface area contributed by atoms with Crippen molar-refractivity contribution < 1.29 is 18.7 Å². The largest absolute Gasteiger partial charge is 0.464 e. The molecule has 1 aromatic carbocycles. The molecule has 37 heavy (non-hydrogen) atoms. The number of ether oxygens (including phenoxy) is 2. The van der Waals surface area contributed by atoms with Gasteiger partial charge in [0, 0.05) is 38.6 Å². The maximum atomic E-state index is 13.7. The molecular weight excluding hydrogens is 473 g/mol. The quantitative estimate of drug-likeness (QED) is 0.464. The molecule has 2 aromatic heterocycles. The Labute approximate surface area is 216 Å². The zero-order chi connectivity index (χ0) is 25.4. The lowest BCUT2D eigenvalue weighted by Gasteiger charge is -2.37. The fourth-order valence-corrected chi connectivity index (χ4v) is 5.82. The van der Waals surface area contributed by atoms with Crippen LogP contribution in [-0.4, -0.2) is 78.7 Å². The van der Waals surface area contributed by atoms with Gasteiger partial charge in [0.2, 0.25) is 0 Å². The Balaban J connectivity index is 1.38. The summed E-state index contributed by atoms with van der Waals surface area (Å²) >= 11 is 0. The molecule has 196 valence electrons. The van der Waals surface area contributed by atoms with Crippen LogP contribution in [0.5, 0.6) is 0 Å². The number of esters is 1. The van der Waals surface area contributed by atoms with Crippen LogP contribution in [0.4, 0.5) is 10.1 Å². The first-order valence-electron chi connectivity index (χ1n) is 13.4. The molecule has 3 aromatic rings. The fourth-order valence-electron chi connectivity index (χ4n) is 5.82. The van der Waals surface area contributed by atoms with Gasteiger partial charge in [-0.2, -0.15) is 5.10 Å². The van der Waals surface area contributed by atoms with Crippen molar-refractivity contribution in [2.24, 2.45) is 5.92 Å². The average molecular weight is 508 g/mol. The Kier molecular flexibility index (Phi) is 6.82.